The number of likely N-dealkylation sites (tertiary alicyclic amines) is 1. The van der Waals surface area contributed by atoms with E-state index in [1.54, 1.807) is 0 Å². The molecule has 98 valence electrons. The molecule has 0 aromatic heterocycles. The highest BCUT2D eigenvalue weighted by molar-refractivity contribution is 5.35. The summed E-state index contributed by atoms with van der Waals surface area (Å²) < 4.78 is 0. The van der Waals surface area contributed by atoms with Gasteiger partial charge in [-0.1, -0.05) is 38.1 Å². The third-order valence-corrected chi connectivity index (χ3v) is 4.79. The molecule has 1 aliphatic heterocycles. The molecule has 0 radical (unpaired) electrons. The zero-order valence-electron chi connectivity index (χ0n) is 11.4. The lowest BCUT2D eigenvalue weighted by Crippen LogP contribution is -2.45. The lowest BCUT2D eigenvalue weighted by molar-refractivity contribution is 0.0247. The second-order valence-corrected chi connectivity index (χ2v) is 6.62. The molecule has 0 saturated carbocycles. The number of hydrogen-bond acceptors (Lipinski definition) is 2. The molecule has 3 rings (SSSR count). The van der Waals surface area contributed by atoms with Crippen LogP contribution in [0, 0.1) is 5.41 Å². The van der Waals surface area contributed by atoms with Gasteiger partial charge in [-0.3, -0.25) is 4.90 Å². The third kappa shape index (κ3) is 2.08. The molecule has 1 N–H and O–H groups in total. The Bertz CT molecular complexity index is 430. The van der Waals surface area contributed by atoms with Gasteiger partial charge in [-0.25, -0.2) is 0 Å². The number of hydrogen-bond donors (Lipinski definition) is 1. The average molecular weight is 245 g/mol. The topological polar surface area (TPSA) is 23.5 Å². The molecule has 2 heteroatoms. The molecule has 2 unspecified atom stereocenters. The summed E-state index contributed by atoms with van der Waals surface area (Å²) in [5, 5.41) is 10.5. The van der Waals surface area contributed by atoms with E-state index in [1.165, 1.54) is 18.4 Å². The fraction of sp³-hybridized carbons (Fsp3) is 0.625. The Labute approximate surface area is 110 Å². The van der Waals surface area contributed by atoms with Gasteiger partial charge < -0.3 is 5.11 Å². The lowest BCUT2D eigenvalue weighted by Gasteiger charge is -2.40. The van der Waals surface area contributed by atoms with Gasteiger partial charge in [0.2, 0.25) is 0 Å². The number of nitrogens with zero attached hydrogens (tertiary/aromatic N) is 1. The van der Waals surface area contributed by atoms with Crippen LogP contribution in [0.5, 0.6) is 0 Å². The lowest BCUT2D eigenvalue weighted by atomic mass is 9.82. The van der Waals surface area contributed by atoms with Crippen LogP contribution in [0.25, 0.3) is 0 Å². The standard InChI is InChI=1S/C16H23NO/c1-16(2)7-9-17(10-8-16)14-11-12-5-3-4-6-13(12)15(14)18/h3-6,14-15,18H,7-11H2,1-2H3. The molecule has 1 aromatic rings. The molecule has 18 heavy (non-hydrogen) atoms. The van der Waals surface area contributed by atoms with E-state index >= 15 is 0 Å². The molecule has 1 heterocycles. The molecule has 2 atom stereocenters. The normalized spacial score (nSPS) is 31.3. The molecule has 1 aliphatic carbocycles. The number of benzene rings is 1. The molecule has 1 fully saturated rings. The van der Waals surface area contributed by atoms with Crippen LogP contribution in [-0.4, -0.2) is 29.1 Å². The Morgan fingerprint density at radius 1 is 1.17 bits per heavy atom. The minimum Gasteiger partial charge on any atom is -0.387 e. The van der Waals surface area contributed by atoms with Crippen molar-refractivity contribution < 1.29 is 5.11 Å². The van der Waals surface area contributed by atoms with Crippen molar-refractivity contribution in [3.8, 4) is 0 Å². The number of fused-ring (bicyclic) bond motifs is 1. The summed E-state index contributed by atoms with van der Waals surface area (Å²) in [6.07, 6.45) is 3.21. The molecule has 2 nitrogen and oxygen atoms in total. The first-order valence-corrected chi connectivity index (χ1v) is 7.07. The summed E-state index contributed by atoms with van der Waals surface area (Å²) in [5.74, 6) is 0. The predicted molar refractivity (Wildman–Crippen MR) is 73.5 cm³/mol. The van der Waals surface area contributed by atoms with Crippen molar-refractivity contribution in [1.82, 2.24) is 4.90 Å². The van der Waals surface area contributed by atoms with E-state index in [2.05, 4.69) is 36.9 Å². The van der Waals surface area contributed by atoms with Gasteiger partial charge in [-0.15, -0.1) is 0 Å². The number of rotatable bonds is 1. The fourth-order valence-electron chi connectivity index (χ4n) is 3.34. The minimum atomic E-state index is -0.289. The van der Waals surface area contributed by atoms with E-state index in [0.29, 0.717) is 11.5 Å². The summed E-state index contributed by atoms with van der Waals surface area (Å²) in [4.78, 5) is 2.50. The zero-order valence-corrected chi connectivity index (χ0v) is 11.4. The van der Waals surface area contributed by atoms with Crippen LogP contribution in [0.3, 0.4) is 0 Å². The van der Waals surface area contributed by atoms with Crippen LogP contribution in [0.1, 0.15) is 43.9 Å². The molecule has 2 aliphatic rings. The van der Waals surface area contributed by atoms with Crippen molar-refractivity contribution in [3.63, 3.8) is 0 Å². The van der Waals surface area contributed by atoms with E-state index in [0.717, 1.165) is 25.1 Å². The molecule has 0 bridgehead atoms. The smallest absolute Gasteiger partial charge is 0.0951 e. The Hall–Kier alpha value is -0.860. The van der Waals surface area contributed by atoms with Crippen molar-refractivity contribution in [1.29, 1.82) is 0 Å². The highest BCUT2D eigenvalue weighted by atomic mass is 16.3. The maximum absolute atomic E-state index is 10.5. The summed E-state index contributed by atoms with van der Waals surface area (Å²) in [7, 11) is 0. The first kappa shape index (κ1) is 12.2. The second kappa shape index (κ2) is 4.36. The third-order valence-electron chi connectivity index (χ3n) is 4.79. The van der Waals surface area contributed by atoms with Crippen LogP contribution >= 0.6 is 0 Å². The van der Waals surface area contributed by atoms with Gasteiger partial charge in [0, 0.05) is 6.04 Å². The molecular weight excluding hydrogens is 222 g/mol. The van der Waals surface area contributed by atoms with E-state index in [1.807, 2.05) is 6.07 Å². The van der Waals surface area contributed by atoms with Gasteiger partial charge in [0.1, 0.15) is 0 Å². The van der Waals surface area contributed by atoms with Crippen LogP contribution in [-0.2, 0) is 6.42 Å². The number of aliphatic hydroxyl groups is 1. The minimum absolute atomic E-state index is 0.289. The molecule has 1 aromatic carbocycles. The summed E-state index contributed by atoms with van der Waals surface area (Å²) in [6.45, 7) is 6.96. The SMILES string of the molecule is CC1(C)CCN(C2Cc3ccccc3C2O)CC1. The van der Waals surface area contributed by atoms with Crippen molar-refractivity contribution >= 4 is 0 Å². The van der Waals surface area contributed by atoms with Crippen LogP contribution in [0.15, 0.2) is 24.3 Å². The highest BCUT2D eigenvalue weighted by Crippen LogP contribution is 2.38. The van der Waals surface area contributed by atoms with Gasteiger partial charge in [0.05, 0.1) is 6.10 Å². The van der Waals surface area contributed by atoms with E-state index in [4.69, 9.17) is 0 Å². The summed E-state index contributed by atoms with van der Waals surface area (Å²) >= 11 is 0. The molecule has 0 amide bonds. The van der Waals surface area contributed by atoms with E-state index < -0.39 is 0 Å². The predicted octanol–water partition coefficient (Wildman–Crippen LogP) is 2.77. The molecule has 0 spiro atoms. The fourth-order valence-corrected chi connectivity index (χ4v) is 3.34. The van der Waals surface area contributed by atoms with Crippen molar-refractivity contribution in [2.45, 2.75) is 45.3 Å². The quantitative estimate of drug-likeness (QED) is 0.822. The van der Waals surface area contributed by atoms with Gasteiger partial charge >= 0.3 is 0 Å². The zero-order chi connectivity index (χ0) is 12.8. The Kier molecular flexibility index (Phi) is 2.95. The van der Waals surface area contributed by atoms with Gasteiger partial charge in [0.25, 0.3) is 0 Å². The van der Waals surface area contributed by atoms with E-state index in [9.17, 15) is 5.11 Å². The first-order valence-electron chi connectivity index (χ1n) is 7.07. The van der Waals surface area contributed by atoms with Crippen molar-refractivity contribution in [2.24, 2.45) is 5.41 Å². The van der Waals surface area contributed by atoms with Crippen LogP contribution in [0.2, 0.25) is 0 Å². The van der Waals surface area contributed by atoms with Crippen molar-refractivity contribution in [3.05, 3.63) is 35.4 Å². The monoisotopic (exact) mass is 245 g/mol. The number of piperidine rings is 1. The van der Waals surface area contributed by atoms with Gasteiger partial charge in [0.15, 0.2) is 0 Å². The highest BCUT2D eigenvalue weighted by Gasteiger charge is 2.37. The van der Waals surface area contributed by atoms with Crippen LogP contribution in [0.4, 0.5) is 0 Å². The summed E-state index contributed by atoms with van der Waals surface area (Å²) in [5.41, 5.74) is 2.96. The largest absolute Gasteiger partial charge is 0.387 e. The van der Waals surface area contributed by atoms with Crippen molar-refractivity contribution in [2.75, 3.05) is 13.1 Å². The second-order valence-electron chi connectivity index (χ2n) is 6.62. The number of aliphatic hydroxyl groups excluding tert-OH is 1. The Balaban J connectivity index is 1.73. The first-order chi connectivity index (χ1) is 8.57. The van der Waals surface area contributed by atoms with Gasteiger partial charge in [-0.2, -0.15) is 0 Å². The van der Waals surface area contributed by atoms with E-state index in [-0.39, 0.29) is 6.10 Å². The maximum atomic E-state index is 10.5. The molecule has 1 saturated heterocycles. The summed E-state index contributed by atoms with van der Waals surface area (Å²) in [6, 6.07) is 8.65. The average Bonchev–Trinajstić information content (AvgIpc) is 2.68. The van der Waals surface area contributed by atoms with Crippen LogP contribution < -0.4 is 0 Å². The molecular formula is C16H23NO. The van der Waals surface area contributed by atoms with Gasteiger partial charge in [-0.05, 0) is 48.9 Å². The Morgan fingerprint density at radius 3 is 2.50 bits per heavy atom. The maximum Gasteiger partial charge on any atom is 0.0951 e. The Morgan fingerprint density at radius 2 is 1.83 bits per heavy atom.